The molecule has 0 aromatic heterocycles. The fourth-order valence-electron chi connectivity index (χ4n) is 2.01. The smallest absolute Gasteiger partial charge is 0.305 e. The van der Waals surface area contributed by atoms with Gasteiger partial charge in [-0.1, -0.05) is 74.6 Å². The van der Waals surface area contributed by atoms with Gasteiger partial charge in [-0.05, 0) is 31.6 Å². The first-order valence-corrected chi connectivity index (χ1v) is 9.27. The van der Waals surface area contributed by atoms with E-state index in [0.29, 0.717) is 25.2 Å². The van der Waals surface area contributed by atoms with E-state index in [4.69, 9.17) is 0 Å². The van der Waals surface area contributed by atoms with Crippen LogP contribution in [0.5, 0.6) is 0 Å². The minimum atomic E-state index is -0.545. The van der Waals surface area contributed by atoms with E-state index in [2.05, 4.69) is 23.8 Å². The fourth-order valence-corrected chi connectivity index (χ4v) is 2.01. The Labute approximate surface area is 158 Å². The largest absolute Gasteiger partial charge is 0.469 e. The standard InChI is InChI=1S/C22H34O4/c1-4-20(23)15-11-7-9-14-19(2)13-8-5-6-10-16-21(24)17-12-18-22(25)26-3/h5-11,13,15-16,19-21,23-24H,4,12,14,17-18H2,1-3H3. The van der Waals surface area contributed by atoms with Crippen LogP contribution in [0.2, 0.25) is 0 Å². The molecule has 0 spiro atoms. The summed E-state index contributed by atoms with van der Waals surface area (Å²) in [6.07, 6.45) is 21.4. The van der Waals surface area contributed by atoms with Gasteiger partial charge in [0.15, 0.2) is 0 Å². The van der Waals surface area contributed by atoms with Crippen LogP contribution >= 0.6 is 0 Å². The van der Waals surface area contributed by atoms with Crippen LogP contribution in [-0.2, 0) is 9.53 Å². The third-order valence-electron chi connectivity index (χ3n) is 3.72. The van der Waals surface area contributed by atoms with Crippen LogP contribution in [-0.4, -0.2) is 35.5 Å². The molecule has 0 heterocycles. The normalized spacial score (nSPS) is 16.3. The Morgan fingerprint density at radius 3 is 2.23 bits per heavy atom. The van der Waals surface area contributed by atoms with Crippen molar-refractivity contribution in [1.29, 1.82) is 0 Å². The summed E-state index contributed by atoms with van der Waals surface area (Å²) in [7, 11) is 1.37. The monoisotopic (exact) mass is 362 g/mol. The molecular formula is C22H34O4. The first kappa shape index (κ1) is 24.1. The average Bonchev–Trinajstić information content (AvgIpc) is 2.63. The van der Waals surface area contributed by atoms with Crippen LogP contribution in [0.1, 0.15) is 46.0 Å². The maximum Gasteiger partial charge on any atom is 0.305 e. The predicted octanol–water partition coefficient (Wildman–Crippen LogP) is 4.27. The lowest BCUT2D eigenvalue weighted by molar-refractivity contribution is -0.140. The van der Waals surface area contributed by atoms with E-state index in [9.17, 15) is 15.0 Å². The topological polar surface area (TPSA) is 66.8 Å². The first-order valence-electron chi connectivity index (χ1n) is 9.27. The maximum absolute atomic E-state index is 11.0. The molecule has 0 aromatic carbocycles. The van der Waals surface area contributed by atoms with Gasteiger partial charge in [0.2, 0.25) is 0 Å². The molecule has 0 radical (unpaired) electrons. The van der Waals surface area contributed by atoms with Gasteiger partial charge >= 0.3 is 5.97 Å². The van der Waals surface area contributed by atoms with Gasteiger partial charge in [0, 0.05) is 6.42 Å². The third-order valence-corrected chi connectivity index (χ3v) is 3.72. The van der Waals surface area contributed by atoms with Crippen LogP contribution in [0.25, 0.3) is 0 Å². The van der Waals surface area contributed by atoms with Crippen molar-refractivity contribution in [3.63, 3.8) is 0 Å². The predicted molar refractivity (Wildman–Crippen MR) is 108 cm³/mol. The molecular weight excluding hydrogens is 328 g/mol. The van der Waals surface area contributed by atoms with E-state index in [1.807, 2.05) is 43.4 Å². The van der Waals surface area contributed by atoms with E-state index < -0.39 is 6.10 Å². The number of ether oxygens (including phenoxy) is 1. The summed E-state index contributed by atoms with van der Waals surface area (Å²) in [5.74, 6) is 0.179. The molecule has 146 valence electrons. The van der Waals surface area contributed by atoms with Gasteiger partial charge in [0.1, 0.15) is 0 Å². The van der Waals surface area contributed by atoms with E-state index in [1.165, 1.54) is 7.11 Å². The van der Waals surface area contributed by atoms with Crippen LogP contribution in [0, 0.1) is 5.92 Å². The number of aliphatic hydroxyl groups excluding tert-OH is 2. The van der Waals surface area contributed by atoms with Gasteiger partial charge in [-0.15, -0.1) is 0 Å². The molecule has 0 bridgehead atoms. The number of carbonyl (C=O) groups excluding carboxylic acids is 1. The Bertz CT molecular complexity index is 500. The summed E-state index contributed by atoms with van der Waals surface area (Å²) in [6.45, 7) is 4.08. The second-order valence-corrected chi connectivity index (χ2v) is 6.19. The lowest BCUT2D eigenvalue weighted by Crippen LogP contribution is -2.05. The summed E-state index contributed by atoms with van der Waals surface area (Å²) in [5, 5.41) is 19.1. The molecule has 26 heavy (non-hydrogen) atoms. The minimum Gasteiger partial charge on any atom is -0.469 e. The SMILES string of the molecule is CCC(O)C=CC=CCC(C)C=CC=CC=CC(O)CCCC(=O)OC. The van der Waals surface area contributed by atoms with Crippen molar-refractivity contribution in [1.82, 2.24) is 0 Å². The molecule has 0 aromatic rings. The number of methoxy groups -OCH3 is 1. The van der Waals surface area contributed by atoms with Crippen molar-refractivity contribution in [3.05, 3.63) is 60.8 Å². The molecule has 4 nitrogen and oxygen atoms in total. The van der Waals surface area contributed by atoms with E-state index in [0.717, 1.165) is 12.8 Å². The molecule has 3 unspecified atom stereocenters. The van der Waals surface area contributed by atoms with Gasteiger partial charge in [-0.3, -0.25) is 4.79 Å². The summed E-state index contributed by atoms with van der Waals surface area (Å²) in [4.78, 5) is 11.0. The number of hydrogen-bond acceptors (Lipinski definition) is 4. The second-order valence-electron chi connectivity index (χ2n) is 6.19. The maximum atomic E-state index is 11.0. The number of rotatable bonds is 13. The number of hydrogen-bond donors (Lipinski definition) is 2. The Hall–Kier alpha value is -1.91. The number of esters is 1. The number of aliphatic hydroxyl groups is 2. The van der Waals surface area contributed by atoms with E-state index in [1.54, 1.807) is 12.2 Å². The van der Waals surface area contributed by atoms with Crippen molar-refractivity contribution in [3.8, 4) is 0 Å². The highest BCUT2D eigenvalue weighted by Gasteiger charge is 2.02. The Morgan fingerprint density at radius 2 is 1.58 bits per heavy atom. The van der Waals surface area contributed by atoms with Crippen molar-refractivity contribution in [2.45, 2.75) is 58.2 Å². The van der Waals surface area contributed by atoms with Gasteiger partial charge in [-0.2, -0.15) is 0 Å². The van der Waals surface area contributed by atoms with Crippen LogP contribution < -0.4 is 0 Å². The van der Waals surface area contributed by atoms with Gasteiger partial charge in [0.25, 0.3) is 0 Å². The van der Waals surface area contributed by atoms with Crippen molar-refractivity contribution in [2.75, 3.05) is 7.11 Å². The van der Waals surface area contributed by atoms with E-state index in [-0.39, 0.29) is 12.1 Å². The summed E-state index contributed by atoms with van der Waals surface area (Å²) in [5.41, 5.74) is 0. The van der Waals surface area contributed by atoms with Crippen molar-refractivity contribution < 1.29 is 19.7 Å². The van der Waals surface area contributed by atoms with Crippen molar-refractivity contribution >= 4 is 5.97 Å². The molecule has 0 rings (SSSR count). The summed E-state index contributed by atoms with van der Waals surface area (Å²) >= 11 is 0. The van der Waals surface area contributed by atoms with Crippen LogP contribution in [0.15, 0.2) is 60.8 Å². The lowest BCUT2D eigenvalue weighted by atomic mass is 10.1. The Kier molecular flexibility index (Phi) is 15.3. The average molecular weight is 363 g/mol. The second kappa shape index (κ2) is 16.6. The van der Waals surface area contributed by atoms with Gasteiger partial charge in [0.05, 0.1) is 19.3 Å². The van der Waals surface area contributed by atoms with E-state index >= 15 is 0 Å². The molecule has 0 aliphatic rings. The molecule has 2 N–H and O–H groups in total. The van der Waals surface area contributed by atoms with Gasteiger partial charge in [-0.25, -0.2) is 0 Å². The first-order chi connectivity index (χ1) is 12.5. The highest BCUT2D eigenvalue weighted by molar-refractivity contribution is 5.68. The fraction of sp³-hybridized carbons (Fsp3) is 0.500. The zero-order chi connectivity index (χ0) is 19.6. The highest BCUT2D eigenvalue weighted by atomic mass is 16.5. The Balaban J connectivity index is 3.95. The molecule has 0 saturated heterocycles. The minimum absolute atomic E-state index is 0.246. The van der Waals surface area contributed by atoms with Gasteiger partial charge < -0.3 is 14.9 Å². The number of allylic oxidation sites excluding steroid dienone is 8. The molecule has 0 aliphatic carbocycles. The lowest BCUT2D eigenvalue weighted by Gasteiger charge is -2.03. The number of carbonyl (C=O) groups is 1. The molecule has 0 amide bonds. The quantitative estimate of drug-likeness (QED) is 0.379. The third kappa shape index (κ3) is 15.6. The van der Waals surface area contributed by atoms with Crippen LogP contribution in [0.3, 0.4) is 0 Å². The zero-order valence-corrected chi connectivity index (χ0v) is 16.3. The molecule has 0 saturated carbocycles. The summed E-state index contributed by atoms with van der Waals surface area (Å²) in [6, 6.07) is 0. The van der Waals surface area contributed by atoms with Crippen molar-refractivity contribution in [2.24, 2.45) is 5.92 Å². The zero-order valence-electron chi connectivity index (χ0n) is 16.3. The molecule has 0 aliphatic heterocycles. The molecule has 3 atom stereocenters. The summed E-state index contributed by atoms with van der Waals surface area (Å²) < 4.78 is 4.55. The highest BCUT2D eigenvalue weighted by Crippen LogP contribution is 2.06. The van der Waals surface area contributed by atoms with Crippen LogP contribution in [0.4, 0.5) is 0 Å². The molecule has 4 heteroatoms. The Morgan fingerprint density at radius 1 is 0.962 bits per heavy atom. The molecule has 0 fully saturated rings.